The van der Waals surface area contributed by atoms with E-state index >= 15 is 0 Å². The smallest absolute Gasteiger partial charge is 0.180 e. The van der Waals surface area contributed by atoms with E-state index in [0.717, 1.165) is 22.7 Å². The summed E-state index contributed by atoms with van der Waals surface area (Å²) in [7, 11) is 1.57. The van der Waals surface area contributed by atoms with Crippen LogP contribution < -0.4 is 14.2 Å². The van der Waals surface area contributed by atoms with Crippen molar-refractivity contribution in [2.24, 2.45) is 4.99 Å². The van der Waals surface area contributed by atoms with Gasteiger partial charge in [0.25, 0.3) is 0 Å². The van der Waals surface area contributed by atoms with E-state index < -0.39 is 0 Å². The molecule has 0 bridgehead atoms. The van der Waals surface area contributed by atoms with Crippen LogP contribution in [-0.4, -0.2) is 19.9 Å². The predicted octanol–water partition coefficient (Wildman–Crippen LogP) is 6.46. The summed E-state index contributed by atoms with van der Waals surface area (Å²) in [5.41, 5.74) is 1.60. The average molecular weight is 394 g/mol. The van der Waals surface area contributed by atoms with Gasteiger partial charge in [-0.2, -0.15) is 0 Å². The highest BCUT2D eigenvalue weighted by atomic mass is 35.5. The molecule has 0 spiro atoms. The van der Waals surface area contributed by atoms with Crippen LogP contribution in [0, 0.1) is 0 Å². The quantitative estimate of drug-likeness (QED) is 0.326. The van der Waals surface area contributed by atoms with E-state index in [-0.39, 0.29) is 0 Å². The fraction of sp³-hybridized carbons (Fsp3) is 0.0870. The fourth-order valence-electron chi connectivity index (χ4n) is 2.47. The Bertz CT molecular complexity index is 954. The number of benzene rings is 3. The van der Waals surface area contributed by atoms with E-state index in [0.29, 0.717) is 23.1 Å². The van der Waals surface area contributed by atoms with Crippen LogP contribution in [0.1, 0.15) is 5.56 Å². The number of para-hydroxylation sites is 1. The summed E-state index contributed by atoms with van der Waals surface area (Å²) in [6.45, 7) is 3.98. The standard InChI is InChI=1S/C23H20ClNO3/c1-3-13-27-23-21(24)14-17(15-22(23)26-2)16-25-18-9-11-20(12-10-18)28-19-7-5-4-6-8-19/h3-12,14-16H,1,13H2,2H3. The van der Waals surface area contributed by atoms with Gasteiger partial charge in [0.1, 0.15) is 18.1 Å². The molecular formula is C23H20ClNO3. The minimum absolute atomic E-state index is 0.348. The first-order chi connectivity index (χ1) is 13.7. The van der Waals surface area contributed by atoms with E-state index in [1.807, 2.05) is 60.7 Å². The van der Waals surface area contributed by atoms with Crippen LogP contribution in [0.3, 0.4) is 0 Å². The lowest BCUT2D eigenvalue weighted by Gasteiger charge is -2.11. The fourth-order valence-corrected chi connectivity index (χ4v) is 2.74. The van der Waals surface area contributed by atoms with Crippen LogP contribution in [0.25, 0.3) is 0 Å². The van der Waals surface area contributed by atoms with Gasteiger partial charge in [-0.05, 0) is 54.1 Å². The van der Waals surface area contributed by atoms with Crippen molar-refractivity contribution in [1.29, 1.82) is 0 Å². The summed E-state index contributed by atoms with van der Waals surface area (Å²) in [5, 5.41) is 0.453. The molecule has 142 valence electrons. The molecule has 0 saturated heterocycles. The van der Waals surface area contributed by atoms with Crippen LogP contribution in [0.4, 0.5) is 5.69 Å². The van der Waals surface area contributed by atoms with Gasteiger partial charge >= 0.3 is 0 Å². The molecule has 0 aliphatic heterocycles. The first-order valence-corrected chi connectivity index (χ1v) is 9.05. The van der Waals surface area contributed by atoms with E-state index in [2.05, 4.69) is 11.6 Å². The Morgan fingerprint density at radius 3 is 2.39 bits per heavy atom. The molecule has 0 aromatic heterocycles. The summed E-state index contributed by atoms with van der Waals surface area (Å²) in [4.78, 5) is 4.48. The molecule has 3 aromatic rings. The number of rotatable bonds is 8. The minimum atomic E-state index is 0.348. The molecule has 4 nitrogen and oxygen atoms in total. The molecule has 0 heterocycles. The van der Waals surface area contributed by atoms with Gasteiger partial charge in [-0.15, -0.1) is 0 Å². The minimum Gasteiger partial charge on any atom is -0.493 e. The first-order valence-electron chi connectivity index (χ1n) is 8.68. The largest absolute Gasteiger partial charge is 0.493 e. The van der Waals surface area contributed by atoms with Crippen molar-refractivity contribution >= 4 is 23.5 Å². The van der Waals surface area contributed by atoms with Crippen molar-refractivity contribution < 1.29 is 14.2 Å². The summed E-state index contributed by atoms with van der Waals surface area (Å²) in [6.07, 6.45) is 3.37. The molecule has 0 saturated carbocycles. The molecule has 0 fully saturated rings. The molecule has 5 heteroatoms. The van der Waals surface area contributed by atoms with Crippen LogP contribution in [-0.2, 0) is 0 Å². The Kier molecular flexibility index (Phi) is 6.71. The Morgan fingerprint density at radius 2 is 1.71 bits per heavy atom. The van der Waals surface area contributed by atoms with Crippen molar-refractivity contribution in [1.82, 2.24) is 0 Å². The van der Waals surface area contributed by atoms with Gasteiger partial charge in [0.05, 0.1) is 17.8 Å². The zero-order chi connectivity index (χ0) is 19.8. The van der Waals surface area contributed by atoms with Gasteiger partial charge in [0, 0.05) is 6.21 Å². The topological polar surface area (TPSA) is 40.0 Å². The van der Waals surface area contributed by atoms with Crippen molar-refractivity contribution in [2.45, 2.75) is 0 Å². The molecule has 0 radical (unpaired) electrons. The third-order valence-electron chi connectivity index (χ3n) is 3.78. The van der Waals surface area contributed by atoms with Crippen LogP contribution in [0.5, 0.6) is 23.0 Å². The summed E-state index contributed by atoms with van der Waals surface area (Å²) >= 11 is 6.31. The number of halogens is 1. The van der Waals surface area contributed by atoms with Crippen LogP contribution >= 0.6 is 11.6 Å². The molecule has 3 aromatic carbocycles. The lowest BCUT2D eigenvalue weighted by Crippen LogP contribution is -1.98. The van der Waals surface area contributed by atoms with Gasteiger partial charge in [-0.1, -0.05) is 42.5 Å². The third-order valence-corrected chi connectivity index (χ3v) is 4.06. The number of hydrogen-bond acceptors (Lipinski definition) is 4. The molecule has 3 rings (SSSR count). The predicted molar refractivity (Wildman–Crippen MR) is 114 cm³/mol. The van der Waals surface area contributed by atoms with Crippen LogP contribution in [0.15, 0.2) is 84.4 Å². The maximum atomic E-state index is 6.31. The molecule has 0 atom stereocenters. The molecule has 28 heavy (non-hydrogen) atoms. The lowest BCUT2D eigenvalue weighted by atomic mass is 10.2. The zero-order valence-electron chi connectivity index (χ0n) is 15.5. The second kappa shape index (κ2) is 9.62. The number of hydrogen-bond donors (Lipinski definition) is 0. The van der Waals surface area contributed by atoms with Gasteiger partial charge < -0.3 is 14.2 Å². The number of methoxy groups -OCH3 is 1. The second-order valence-electron chi connectivity index (χ2n) is 5.80. The van der Waals surface area contributed by atoms with E-state index in [1.165, 1.54) is 0 Å². The van der Waals surface area contributed by atoms with Gasteiger partial charge in [-0.3, -0.25) is 4.99 Å². The highest BCUT2D eigenvalue weighted by Gasteiger charge is 2.11. The Balaban J connectivity index is 1.72. The highest BCUT2D eigenvalue weighted by Crippen LogP contribution is 2.36. The van der Waals surface area contributed by atoms with E-state index in [1.54, 1.807) is 25.5 Å². The highest BCUT2D eigenvalue weighted by molar-refractivity contribution is 6.32. The number of aliphatic imine (C=N–C) groups is 1. The number of ether oxygens (including phenoxy) is 3. The van der Waals surface area contributed by atoms with Gasteiger partial charge in [0.15, 0.2) is 11.5 Å². The van der Waals surface area contributed by atoms with E-state index in [9.17, 15) is 0 Å². The SMILES string of the molecule is C=CCOc1c(Cl)cc(C=Nc2ccc(Oc3ccccc3)cc2)cc1OC. The zero-order valence-corrected chi connectivity index (χ0v) is 16.2. The summed E-state index contributed by atoms with van der Waals surface area (Å²) in [6, 6.07) is 20.7. The lowest BCUT2D eigenvalue weighted by molar-refractivity contribution is 0.326. The Labute approximate surface area is 169 Å². The second-order valence-corrected chi connectivity index (χ2v) is 6.21. The van der Waals surface area contributed by atoms with E-state index in [4.69, 9.17) is 25.8 Å². The van der Waals surface area contributed by atoms with Crippen molar-refractivity contribution in [3.05, 3.63) is 90.0 Å². The van der Waals surface area contributed by atoms with Gasteiger partial charge in [-0.25, -0.2) is 0 Å². The van der Waals surface area contributed by atoms with Crippen molar-refractivity contribution in [3.8, 4) is 23.0 Å². The Hall–Kier alpha value is -3.24. The van der Waals surface area contributed by atoms with Crippen molar-refractivity contribution in [3.63, 3.8) is 0 Å². The van der Waals surface area contributed by atoms with Crippen LogP contribution in [0.2, 0.25) is 5.02 Å². The maximum Gasteiger partial charge on any atom is 0.180 e. The number of nitrogens with zero attached hydrogens (tertiary/aromatic N) is 1. The molecular weight excluding hydrogens is 374 g/mol. The first kappa shape index (κ1) is 19.5. The molecule has 0 N–H and O–H groups in total. The van der Waals surface area contributed by atoms with Crippen molar-refractivity contribution in [2.75, 3.05) is 13.7 Å². The molecule has 0 amide bonds. The Morgan fingerprint density at radius 1 is 1.00 bits per heavy atom. The average Bonchev–Trinajstić information content (AvgIpc) is 2.73. The maximum absolute atomic E-state index is 6.31. The van der Waals surface area contributed by atoms with Gasteiger partial charge in [0.2, 0.25) is 0 Å². The monoisotopic (exact) mass is 393 g/mol. The molecule has 0 unspecified atom stereocenters. The molecule has 0 aliphatic carbocycles. The summed E-state index contributed by atoms with van der Waals surface area (Å²) in [5.74, 6) is 2.57. The normalized spacial score (nSPS) is 10.6. The third kappa shape index (κ3) is 5.15. The molecule has 0 aliphatic rings. The summed E-state index contributed by atoms with van der Waals surface area (Å²) < 4.78 is 16.7.